The van der Waals surface area contributed by atoms with Crippen LogP contribution in [0.1, 0.15) is 50.1 Å². The zero-order valence-electron chi connectivity index (χ0n) is 15.6. The highest BCUT2D eigenvalue weighted by molar-refractivity contribution is 5.95. The first-order valence-electron chi connectivity index (χ1n) is 9.54. The van der Waals surface area contributed by atoms with E-state index in [2.05, 4.69) is 0 Å². The minimum atomic E-state index is -0.661. The molecule has 0 saturated carbocycles. The van der Waals surface area contributed by atoms with Crippen LogP contribution in [-0.4, -0.2) is 35.5 Å². The van der Waals surface area contributed by atoms with E-state index in [0.29, 0.717) is 30.4 Å². The molecule has 27 heavy (non-hydrogen) atoms. The molecule has 3 atom stereocenters. The van der Waals surface area contributed by atoms with Crippen LogP contribution in [0.15, 0.2) is 39.5 Å². The monoisotopic (exact) mass is 369 g/mol. The summed E-state index contributed by atoms with van der Waals surface area (Å²) in [6, 6.07) is 7.91. The lowest BCUT2D eigenvalue weighted by Gasteiger charge is -2.33. The molecule has 2 saturated heterocycles. The number of benzene rings is 1. The van der Waals surface area contributed by atoms with Gasteiger partial charge in [-0.1, -0.05) is 19.1 Å². The number of carbonyl (C=O) groups is 2. The molecular formula is C21H23NO5. The van der Waals surface area contributed by atoms with Crippen molar-refractivity contribution in [1.29, 1.82) is 0 Å². The fraction of sp³-hybridized carbons (Fsp3) is 0.476. The highest BCUT2D eigenvalue weighted by atomic mass is 16.5. The first-order valence-corrected chi connectivity index (χ1v) is 9.54. The lowest BCUT2D eigenvalue weighted by atomic mass is 9.72. The first kappa shape index (κ1) is 17.8. The predicted molar refractivity (Wildman–Crippen MR) is 99.4 cm³/mol. The van der Waals surface area contributed by atoms with Gasteiger partial charge in [-0.05, 0) is 44.7 Å². The maximum atomic E-state index is 13.2. The van der Waals surface area contributed by atoms with Gasteiger partial charge in [-0.2, -0.15) is 0 Å². The Labute approximate surface area is 157 Å². The molecule has 4 rings (SSSR count). The van der Waals surface area contributed by atoms with Gasteiger partial charge in [-0.15, -0.1) is 0 Å². The third kappa shape index (κ3) is 2.58. The average molecular weight is 369 g/mol. The quantitative estimate of drug-likeness (QED) is 0.774. The Hall–Kier alpha value is -2.63. The number of rotatable bonds is 4. The topological polar surface area (TPSA) is 76.8 Å². The number of esters is 1. The van der Waals surface area contributed by atoms with Crippen molar-refractivity contribution in [2.75, 3.05) is 6.61 Å². The van der Waals surface area contributed by atoms with Crippen molar-refractivity contribution in [3.8, 4) is 0 Å². The second-order valence-electron chi connectivity index (χ2n) is 7.36. The number of ether oxygens (including phenoxy) is 1. The summed E-state index contributed by atoms with van der Waals surface area (Å²) >= 11 is 0. The molecule has 2 aromatic rings. The maximum absolute atomic E-state index is 13.2. The molecule has 2 aliphatic rings. The summed E-state index contributed by atoms with van der Waals surface area (Å²) in [5, 5.41) is 0.452. The SMILES string of the molecule is CCOC(=O)[C@@]1(CC)C[C@H]2CC[C@@H]1N2C(=O)c1cc(=O)c2ccccc2o1. The fourth-order valence-electron chi connectivity index (χ4n) is 4.84. The van der Waals surface area contributed by atoms with E-state index in [1.165, 1.54) is 6.07 Å². The summed E-state index contributed by atoms with van der Waals surface area (Å²) in [7, 11) is 0. The molecule has 2 bridgehead atoms. The Balaban J connectivity index is 1.71. The van der Waals surface area contributed by atoms with Crippen molar-refractivity contribution < 1.29 is 18.7 Å². The van der Waals surface area contributed by atoms with E-state index in [9.17, 15) is 14.4 Å². The number of amides is 1. The molecule has 6 nitrogen and oxygen atoms in total. The van der Waals surface area contributed by atoms with Crippen LogP contribution in [-0.2, 0) is 9.53 Å². The Morgan fingerprint density at radius 2 is 2.04 bits per heavy atom. The standard InChI is InChI=1S/C21H23NO5/c1-3-21(20(25)26-4-2)12-13-9-10-18(21)22(13)19(24)17-11-15(23)14-7-5-6-8-16(14)27-17/h5-8,11,13,18H,3-4,9-10,12H2,1-2H3/t13-,18+,21+/m1/s1. The lowest BCUT2D eigenvalue weighted by molar-refractivity contribution is -0.157. The molecule has 1 aromatic carbocycles. The normalized spacial score (nSPS) is 26.5. The van der Waals surface area contributed by atoms with E-state index in [-0.39, 0.29) is 35.1 Å². The van der Waals surface area contributed by atoms with Gasteiger partial charge in [0.2, 0.25) is 0 Å². The number of nitrogens with zero attached hydrogens (tertiary/aromatic N) is 1. The molecule has 2 fully saturated rings. The summed E-state index contributed by atoms with van der Waals surface area (Å²) in [4.78, 5) is 40.0. The Bertz CT molecular complexity index is 964. The van der Waals surface area contributed by atoms with Gasteiger partial charge in [-0.25, -0.2) is 0 Å². The van der Waals surface area contributed by atoms with E-state index in [4.69, 9.17) is 9.15 Å². The summed E-state index contributed by atoms with van der Waals surface area (Å²) in [5.74, 6) is -0.506. The molecule has 142 valence electrons. The third-order valence-corrected chi connectivity index (χ3v) is 6.13. The van der Waals surface area contributed by atoms with Gasteiger partial charge in [0.15, 0.2) is 11.2 Å². The van der Waals surface area contributed by atoms with E-state index in [1.54, 1.807) is 36.1 Å². The smallest absolute Gasteiger partial charge is 0.314 e. The van der Waals surface area contributed by atoms with Crippen LogP contribution in [0.2, 0.25) is 0 Å². The van der Waals surface area contributed by atoms with Crippen LogP contribution in [0.4, 0.5) is 0 Å². The minimum Gasteiger partial charge on any atom is -0.466 e. The van der Waals surface area contributed by atoms with Gasteiger partial charge >= 0.3 is 5.97 Å². The Morgan fingerprint density at radius 3 is 2.78 bits per heavy atom. The Morgan fingerprint density at radius 1 is 1.26 bits per heavy atom. The molecule has 3 heterocycles. The summed E-state index contributed by atoms with van der Waals surface area (Å²) in [6.45, 7) is 4.09. The van der Waals surface area contributed by atoms with Gasteiger partial charge in [0.25, 0.3) is 5.91 Å². The molecule has 0 unspecified atom stereocenters. The molecule has 2 aliphatic heterocycles. The zero-order chi connectivity index (χ0) is 19.2. The van der Waals surface area contributed by atoms with Crippen molar-refractivity contribution in [1.82, 2.24) is 4.90 Å². The molecule has 1 amide bonds. The largest absolute Gasteiger partial charge is 0.466 e. The van der Waals surface area contributed by atoms with Crippen LogP contribution >= 0.6 is 0 Å². The van der Waals surface area contributed by atoms with Gasteiger partial charge in [-0.3, -0.25) is 14.4 Å². The van der Waals surface area contributed by atoms with Gasteiger partial charge < -0.3 is 14.1 Å². The van der Waals surface area contributed by atoms with Crippen molar-refractivity contribution in [2.45, 2.75) is 51.6 Å². The molecule has 6 heteroatoms. The highest BCUT2D eigenvalue weighted by Gasteiger charge is 2.61. The molecule has 0 aliphatic carbocycles. The van der Waals surface area contributed by atoms with Crippen LogP contribution in [0.3, 0.4) is 0 Å². The van der Waals surface area contributed by atoms with Crippen molar-refractivity contribution in [3.05, 3.63) is 46.3 Å². The van der Waals surface area contributed by atoms with E-state index in [1.807, 2.05) is 6.92 Å². The highest BCUT2D eigenvalue weighted by Crippen LogP contribution is 2.52. The number of carbonyl (C=O) groups excluding carboxylic acids is 2. The first-order chi connectivity index (χ1) is 13.0. The number of hydrogen-bond acceptors (Lipinski definition) is 5. The van der Waals surface area contributed by atoms with Crippen molar-refractivity contribution in [3.63, 3.8) is 0 Å². The average Bonchev–Trinajstić information content (AvgIpc) is 3.24. The lowest BCUT2D eigenvalue weighted by Crippen LogP contribution is -2.45. The van der Waals surface area contributed by atoms with Gasteiger partial charge in [0, 0.05) is 18.2 Å². The summed E-state index contributed by atoms with van der Waals surface area (Å²) in [5.41, 5.74) is -0.503. The summed E-state index contributed by atoms with van der Waals surface area (Å²) < 4.78 is 11.1. The molecule has 0 radical (unpaired) electrons. The number of hydrogen-bond donors (Lipinski definition) is 0. The number of fused-ring (bicyclic) bond motifs is 3. The van der Waals surface area contributed by atoms with Crippen LogP contribution in [0, 0.1) is 5.41 Å². The van der Waals surface area contributed by atoms with E-state index in [0.717, 1.165) is 12.8 Å². The third-order valence-electron chi connectivity index (χ3n) is 6.13. The minimum absolute atomic E-state index is 0.0244. The second-order valence-corrected chi connectivity index (χ2v) is 7.36. The van der Waals surface area contributed by atoms with Gasteiger partial charge in [0.1, 0.15) is 5.58 Å². The van der Waals surface area contributed by atoms with Gasteiger partial charge in [0.05, 0.1) is 17.4 Å². The van der Waals surface area contributed by atoms with E-state index >= 15 is 0 Å². The zero-order valence-corrected chi connectivity index (χ0v) is 15.6. The van der Waals surface area contributed by atoms with Crippen LogP contribution in [0.5, 0.6) is 0 Å². The van der Waals surface area contributed by atoms with Crippen molar-refractivity contribution >= 4 is 22.8 Å². The summed E-state index contributed by atoms with van der Waals surface area (Å²) in [6.07, 6.45) is 2.85. The maximum Gasteiger partial charge on any atom is 0.314 e. The van der Waals surface area contributed by atoms with Crippen molar-refractivity contribution in [2.24, 2.45) is 5.41 Å². The Kier molecular flexibility index (Phi) is 4.29. The fourth-order valence-corrected chi connectivity index (χ4v) is 4.84. The van der Waals surface area contributed by atoms with Crippen LogP contribution in [0.25, 0.3) is 11.0 Å². The molecular weight excluding hydrogens is 346 g/mol. The molecule has 0 N–H and O–H groups in total. The predicted octanol–water partition coefficient (Wildman–Crippen LogP) is 3.13. The van der Waals surface area contributed by atoms with E-state index < -0.39 is 5.41 Å². The number of para-hydroxylation sites is 1. The van der Waals surface area contributed by atoms with Crippen LogP contribution < -0.4 is 5.43 Å². The molecule has 0 spiro atoms. The second kappa shape index (κ2) is 6.51. The molecule has 1 aromatic heterocycles.